The maximum atomic E-state index is 3.63. The van der Waals surface area contributed by atoms with Gasteiger partial charge in [-0.1, -0.05) is 11.3 Å². The monoisotopic (exact) mass is 161 g/mol. The van der Waals surface area contributed by atoms with Crippen LogP contribution >= 0.6 is 0 Å². The Labute approximate surface area is 72.1 Å². The molecule has 0 aliphatic rings. The second-order valence-corrected chi connectivity index (χ2v) is 3.64. The first-order chi connectivity index (χ1) is 5.04. The quantitative estimate of drug-likeness (QED) is 0.508. The third kappa shape index (κ3) is 1.38. The Balaban J connectivity index is 3.46. The number of hydrogen-bond acceptors (Lipinski definition) is 0. The van der Waals surface area contributed by atoms with E-state index in [9.17, 15) is 0 Å². The van der Waals surface area contributed by atoms with Crippen LogP contribution < -0.4 is 5.19 Å². The van der Waals surface area contributed by atoms with Crippen LogP contribution in [0, 0.1) is 27.7 Å². The highest BCUT2D eigenvalue weighted by atomic mass is 28.1. The Morgan fingerprint density at radius 2 is 1.27 bits per heavy atom. The molecule has 0 bridgehead atoms. The lowest BCUT2D eigenvalue weighted by Gasteiger charge is -2.10. The van der Waals surface area contributed by atoms with E-state index in [1.54, 1.807) is 0 Å². The van der Waals surface area contributed by atoms with Crippen LogP contribution in [0.25, 0.3) is 0 Å². The summed E-state index contributed by atoms with van der Waals surface area (Å²) in [5, 5.41) is 1.25. The second kappa shape index (κ2) is 2.82. The van der Waals surface area contributed by atoms with Crippen molar-refractivity contribution in [2.45, 2.75) is 27.7 Å². The van der Waals surface area contributed by atoms with Gasteiger partial charge in [-0.15, -0.1) is 0 Å². The highest BCUT2D eigenvalue weighted by Crippen LogP contribution is 2.10. The number of rotatable bonds is 0. The topological polar surface area (TPSA) is 0 Å². The minimum atomic E-state index is 1.25. The first-order valence-electron chi connectivity index (χ1n) is 3.83. The molecule has 3 radical (unpaired) electrons. The molecule has 0 atom stereocenters. The molecule has 0 spiro atoms. The number of aryl methyl sites for hydroxylation is 2. The maximum Gasteiger partial charge on any atom is 0.0719 e. The van der Waals surface area contributed by atoms with Crippen molar-refractivity contribution in [1.82, 2.24) is 0 Å². The predicted molar refractivity (Wildman–Crippen MR) is 50.8 cm³/mol. The fraction of sp³-hybridized carbons (Fsp3) is 0.400. The molecular weight excluding hydrogens is 148 g/mol. The van der Waals surface area contributed by atoms with Gasteiger partial charge in [-0.2, -0.15) is 0 Å². The van der Waals surface area contributed by atoms with Gasteiger partial charge in [-0.3, -0.25) is 0 Å². The van der Waals surface area contributed by atoms with Crippen LogP contribution in [0.2, 0.25) is 0 Å². The molecule has 57 valence electrons. The molecule has 1 heteroatoms. The average molecular weight is 161 g/mol. The third-order valence-corrected chi connectivity index (χ3v) is 3.12. The summed E-state index contributed by atoms with van der Waals surface area (Å²) in [6, 6.07) is 2.23. The van der Waals surface area contributed by atoms with Crippen LogP contribution in [-0.4, -0.2) is 10.2 Å². The van der Waals surface area contributed by atoms with Crippen LogP contribution in [-0.2, 0) is 0 Å². The van der Waals surface area contributed by atoms with Crippen molar-refractivity contribution in [3.8, 4) is 0 Å². The van der Waals surface area contributed by atoms with E-state index >= 15 is 0 Å². The van der Waals surface area contributed by atoms with Gasteiger partial charge in [0.25, 0.3) is 0 Å². The fourth-order valence-corrected chi connectivity index (χ4v) is 1.61. The van der Waals surface area contributed by atoms with E-state index in [1.807, 2.05) is 0 Å². The third-order valence-electron chi connectivity index (χ3n) is 2.37. The molecule has 0 amide bonds. The van der Waals surface area contributed by atoms with E-state index in [2.05, 4.69) is 44.0 Å². The van der Waals surface area contributed by atoms with E-state index in [4.69, 9.17) is 0 Å². The molecule has 0 saturated carbocycles. The molecule has 0 nitrogen and oxygen atoms in total. The summed E-state index contributed by atoms with van der Waals surface area (Å²) in [4.78, 5) is 0. The maximum absolute atomic E-state index is 3.63. The lowest BCUT2D eigenvalue weighted by molar-refractivity contribution is 1.27. The Morgan fingerprint density at radius 1 is 0.909 bits per heavy atom. The summed E-state index contributed by atoms with van der Waals surface area (Å²) in [5.74, 6) is 0. The molecule has 0 heterocycles. The van der Waals surface area contributed by atoms with Crippen molar-refractivity contribution in [2.75, 3.05) is 0 Å². The highest BCUT2D eigenvalue weighted by Gasteiger charge is 2.02. The van der Waals surface area contributed by atoms with Gasteiger partial charge >= 0.3 is 0 Å². The fourth-order valence-electron chi connectivity index (χ4n) is 1.22. The summed E-state index contributed by atoms with van der Waals surface area (Å²) in [5.41, 5.74) is 5.42. The molecule has 11 heavy (non-hydrogen) atoms. The van der Waals surface area contributed by atoms with Gasteiger partial charge in [0.15, 0.2) is 0 Å². The SMILES string of the molecule is Cc1cc(C)c(C)c([Si])c1C. The molecule has 1 rings (SSSR count). The molecule has 1 aromatic rings. The van der Waals surface area contributed by atoms with Gasteiger partial charge in [0.1, 0.15) is 0 Å². The molecule has 0 N–H and O–H groups in total. The van der Waals surface area contributed by atoms with Gasteiger partial charge in [0.2, 0.25) is 0 Å². The molecule has 0 aliphatic carbocycles. The van der Waals surface area contributed by atoms with Gasteiger partial charge in [-0.25, -0.2) is 0 Å². The second-order valence-electron chi connectivity index (χ2n) is 3.14. The summed E-state index contributed by atoms with van der Waals surface area (Å²) in [6.45, 7) is 8.57. The van der Waals surface area contributed by atoms with Crippen LogP contribution in [0.4, 0.5) is 0 Å². The highest BCUT2D eigenvalue weighted by molar-refractivity contribution is 6.34. The van der Waals surface area contributed by atoms with E-state index < -0.39 is 0 Å². The Hall–Kier alpha value is -0.563. The summed E-state index contributed by atoms with van der Waals surface area (Å²) >= 11 is 0. The normalized spacial score (nSPS) is 10.3. The van der Waals surface area contributed by atoms with Crippen molar-refractivity contribution in [1.29, 1.82) is 0 Å². The first kappa shape index (κ1) is 8.53. The van der Waals surface area contributed by atoms with E-state index in [0.29, 0.717) is 0 Å². The zero-order chi connectivity index (χ0) is 8.59. The van der Waals surface area contributed by atoms with E-state index in [1.165, 1.54) is 27.4 Å². The Kier molecular flexibility index (Phi) is 2.19. The van der Waals surface area contributed by atoms with Crippen LogP contribution in [0.5, 0.6) is 0 Å². The molecule has 0 fully saturated rings. The summed E-state index contributed by atoms with van der Waals surface area (Å²) in [6.07, 6.45) is 0. The van der Waals surface area contributed by atoms with Crippen molar-refractivity contribution in [3.05, 3.63) is 28.3 Å². The van der Waals surface area contributed by atoms with Crippen molar-refractivity contribution in [2.24, 2.45) is 0 Å². The van der Waals surface area contributed by atoms with Crippen LogP contribution in [0.15, 0.2) is 6.07 Å². The van der Waals surface area contributed by atoms with Gasteiger partial charge in [0.05, 0.1) is 10.2 Å². The minimum absolute atomic E-state index is 1.25. The first-order valence-corrected chi connectivity index (χ1v) is 4.33. The molecule has 0 saturated heterocycles. The lowest BCUT2D eigenvalue weighted by Crippen LogP contribution is -2.14. The smallest absolute Gasteiger partial charge is 0.0611 e. The average Bonchev–Trinajstić information content (AvgIpc) is 1.97. The van der Waals surface area contributed by atoms with Crippen molar-refractivity contribution < 1.29 is 0 Å². The predicted octanol–water partition coefficient (Wildman–Crippen LogP) is 1.71. The number of benzene rings is 1. The van der Waals surface area contributed by atoms with Gasteiger partial charge in [-0.05, 0) is 49.9 Å². The van der Waals surface area contributed by atoms with Gasteiger partial charge in [0, 0.05) is 0 Å². The van der Waals surface area contributed by atoms with Crippen LogP contribution in [0.1, 0.15) is 22.3 Å². The summed E-state index contributed by atoms with van der Waals surface area (Å²) in [7, 11) is 3.63. The van der Waals surface area contributed by atoms with Gasteiger partial charge < -0.3 is 0 Å². The Bertz CT molecular complexity index is 261. The standard InChI is InChI=1S/C10H13Si/c1-6-5-7(2)9(4)10(11)8(6)3/h5H,1-4H3. The molecular formula is C10H13Si. The number of hydrogen-bond donors (Lipinski definition) is 0. The van der Waals surface area contributed by atoms with E-state index in [0.717, 1.165) is 0 Å². The largest absolute Gasteiger partial charge is 0.0719 e. The minimum Gasteiger partial charge on any atom is -0.0611 e. The van der Waals surface area contributed by atoms with Crippen molar-refractivity contribution >= 4 is 15.4 Å². The zero-order valence-corrected chi connectivity index (χ0v) is 8.58. The van der Waals surface area contributed by atoms with Crippen molar-refractivity contribution in [3.63, 3.8) is 0 Å². The molecule has 1 aromatic carbocycles. The van der Waals surface area contributed by atoms with E-state index in [-0.39, 0.29) is 0 Å². The zero-order valence-electron chi connectivity index (χ0n) is 7.58. The Morgan fingerprint density at radius 3 is 1.64 bits per heavy atom. The lowest BCUT2D eigenvalue weighted by atomic mass is 10.0. The molecule has 0 unspecified atom stereocenters. The molecule has 0 aliphatic heterocycles. The molecule has 0 aromatic heterocycles. The van der Waals surface area contributed by atoms with Crippen LogP contribution in [0.3, 0.4) is 0 Å². The summed E-state index contributed by atoms with van der Waals surface area (Å²) < 4.78 is 0.